The SMILES string of the molecule is COC(=O)C1CCC(NC(=O)C2CCCCCCC2)CC1. The fraction of sp³-hybridized carbons (Fsp3) is 0.882. The monoisotopic (exact) mass is 295 g/mol. The molecule has 4 nitrogen and oxygen atoms in total. The molecule has 0 radical (unpaired) electrons. The van der Waals surface area contributed by atoms with Gasteiger partial charge in [-0.3, -0.25) is 9.59 Å². The lowest BCUT2D eigenvalue weighted by Crippen LogP contribution is -2.42. The summed E-state index contributed by atoms with van der Waals surface area (Å²) < 4.78 is 4.80. The molecule has 2 saturated carbocycles. The summed E-state index contributed by atoms with van der Waals surface area (Å²) in [5, 5.41) is 3.22. The maximum atomic E-state index is 12.4. The van der Waals surface area contributed by atoms with Gasteiger partial charge in [-0.2, -0.15) is 0 Å². The van der Waals surface area contributed by atoms with Gasteiger partial charge in [-0.25, -0.2) is 0 Å². The van der Waals surface area contributed by atoms with E-state index in [9.17, 15) is 9.59 Å². The normalized spacial score (nSPS) is 28.2. The minimum absolute atomic E-state index is 0.0320. The van der Waals surface area contributed by atoms with Crippen molar-refractivity contribution in [3.8, 4) is 0 Å². The molecule has 0 aliphatic heterocycles. The Bertz CT molecular complexity index is 340. The highest BCUT2D eigenvalue weighted by atomic mass is 16.5. The lowest BCUT2D eigenvalue weighted by atomic mass is 9.85. The van der Waals surface area contributed by atoms with Crippen molar-refractivity contribution in [1.82, 2.24) is 5.32 Å². The lowest BCUT2D eigenvalue weighted by Gasteiger charge is -2.29. The third-order valence-corrected chi connectivity index (χ3v) is 5.08. The smallest absolute Gasteiger partial charge is 0.308 e. The van der Waals surface area contributed by atoms with Gasteiger partial charge in [-0.05, 0) is 38.5 Å². The maximum Gasteiger partial charge on any atom is 0.308 e. The molecule has 21 heavy (non-hydrogen) atoms. The standard InChI is InChI=1S/C17H29NO3/c1-21-17(20)14-9-11-15(12-10-14)18-16(19)13-7-5-3-2-4-6-8-13/h13-15H,2-12H2,1H3,(H,18,19). The Morgan fingerprint density at radius 3 is 1.95 bits per heavy atom. The zero-order valence-electron chi connectivity index (χ0n) is 13.2. The van der Waals surface area contributed by atoms with E-state index >= 15 is 0 Å². The van der Waals surface area contributed by atoms with Gasteiger partial charge in [0.15, 0.2) is 0 Å². The van der Waals surface area contributed by atoms with E-state index in [1.54, 1.807) is 0 Å². The first-order chi connectivity index (χ1) is 10.2. The van der Waals surface area contributed by atoms with Gasteiger partial charge in [0, 0.05) is 12.0 Å². The number of ether oxygens (including phenoxy) is 1. The minimum Gasteiger partial charge on any atom is -0.469 e. The number of amides is 1. The lowest BCUT2D eigenvalue weighted by molar-refractivity contribution is -0.146. The summed E-state index contributed by atoms with van der Waals surface area (Å²) in [6, 6.07) is 0.254. The third-order valence-electron chi connectivity index (χ3n) is 5.08. The fourth-order valence-corrected chi connectivity index (χ4v) is 3.68. The zero-order chi connectivity index (χ0) is 15.1. The zero-order valence-corrected chi connectivity index (χ0v) is 13.2. The quantitative estimate of drug-likeness (QED) is 0.814. The molecule has 0 atom stereocenters. The van der Waals surface area contributed by atoms with Crippen molar-refractivity contribution in [2.75, 3.05) is 7.11 Å². The van der Waals surface area contributed by atoms with E-state index in [0.717, 1.165) is 38.5 Å². The molecule has 2 fully saturated rings. The number of hydrogen-bond acceptors (Lipinski definition) is 3. The van der Waals surface area contributed by atoms with Crippen molar-refractivity contribution in [3.05, 3.63) is 0 Å². The van der Waals surface area contributed by atoms with Crippen LogP contribution in [0, 0.1) is 11.8 Å². The molecular weight excluding hydrogens is 266 g/mol. The minimum atomic E-state index is -0.0974. The maximum absolute atomic E-state index is 12.4. The van der Waals surface area contributed by atoms with Gasteiger partial charge in [0.05, 0.1) is 13.0 Å². The van der Waals surface area contributed by atoms with Crippen molar-refractivity contribution in [1.29, 1.82) is 0 Å². The molecule has 2 aliphatic rings. The molecule has 1 amide bonds. The Labute approximate surface area is 128 Å². The van der Waals surface area contributed by atoms with Gasteiger partial charge < -0.3 is 10.1 Å². The van der Waals surface area contributed by atoms with E-state index in [2.05, 4.69) is 5.32 Å². The average molecular weight is 295 g/mol. The Morgan fingerprint density at radius 1 is 0.810 bits per heavy atom. The van der Waals surface area contributed by atoms with Crippen LogP contribution in [0.5, 0.6) is 0 Å². The summed E-state index contributed by atoms with van der Waals surface area (Å²) in [6.45, 7) is 0. The molecule has 0 aromatic rings. The Morgan fingerprint density at radius 2 is 1.38 bits per heavy atom. The molecule has 4 heteroatoms. The largest absolute Gasteiger partial charge is 0.469 e. The second-order valence-corrected chi connectivity index (χ2v) is 6.62. The van der Waals surface area contributed by atoms with Gasteiger partial charge in [-0.1, -0.05) is 32.1 Å². The Balaban J connectivity index is 1.74. The highest BCUT2D eigenvalue weighted by Gasteiger charge is 2.29. The first kappa shape index (κ1) is 16.3. The molecule has 0 aromatic carbocycles. The van der Waals surface area contributed by atoms with E-state index in [0.29, 0.717) is 0 Å². The van der Waals surface area contributed by atoms with Crippen LogP contribution in [-0.4, -0.2) is 25.0 Å². The predicted octanol–water partition coefficient (Wildman–Crippen LogP) is 3.19. The molecule has 0 unspecified atom stereocenters. The first-order valence-electron chi connectivity index (χ1n) is 8.59. The summed E-state index contributed by atoms with van der Waals surface area (Å²) in [5.74, 6) is 0.395. The second-order valence-electron chi connectivity index (χ2n) is 6.62. The number of nitrogens with one attached hydrogen (secondary N) is 1. The van der Waals surface area contributed by atoms with Crippen LogP contribution in [0.1, 0.15) is 70.6 Å². The molecule has 120 valence electrons. The Hall–Kier alpha value is -1.06. The van der Waals surface area contributed by atoms with Gasteiger partial charge in [-0.15, -0.1) is 0 Å². The summed E-state index contributed by atoms with van der Waals surface area (Å²) in [6.07, 6.45) is 11.8. The van der Waals surface area contributed by atoms with Crippen LogP contribution in [0.4, 0.5) is 0 Å². The predicted molar refractivity (Wildman–Crippen MR) is 81.7 cm³/mol. The topological polar surface area (TPSA) is 55.4 Å². The van der Waals surface area contributed by atoms with Crippen molar-refractivity contribution in [2.24, 2.45) is 11.8 Å². The van der Waals surface area contributed by atoms with Crippen molar-refractivity contribution >= 4 is 11.9 Å². The van der Waals surface area contributed by atoms with Crippen LogP contribution in [0.25, 0.3) is 0 Å². The molecule has 2 aliphatic carbocycles. The van der Waals surface area contributed by atoms with E-state index in [1.165, 1.54) is 39.2 Å². The molecule has 1 N–H and O–H groups in total. The molecule has 0 aromatic heterocycles. The number of esters is 1. The van der Waals surface area contributed by atoms with Crippen molar-refractivity contribution in [3.63, 3.8) is 0 Å². The van der Waals surface area contributed by atoms with Gasteiger partial charge in [0.25, 0.3) is 0 Å². The molecule has 0 saturated heterocycles. The molecule has 0 heterocycles. The number of carbonyl (C=O) groups is 2. The van der Waals surface area contributed by atoms with E-state index in [-0.39, 0.29) is 29.8 Å². The van der Waals surface area contributed by atoms with Crippen LogP contribution >= 0.6 is 0 Å². The van der Waals surface area contributed by atoms with Crippen LogP contribution < -0.4 is 5.32 Å². The molecular formula is C17H29NO3. The van der Waals surface area contributed by atoms with Crippen molar-refractivity contribution in [2.45, 2.75) is 76.7 Å². The third kappa shape index (κ3) is 5.01. The van der Waals surface area contributed by atoms with Crippen LogP contribution in [-0.2, 0) is 14.3 Å². The van der Waals surface area contributed by atoms with Gasteiger partial charge in [0.1, 0.15) is 0 Å². The van der Waals surface area contributed by atoms with Gasteiger partial charge >= 0.3 is 5.97 Å². The Kier molecular flexibility index (Phi) is 6.52. The summed E-state index contributed by atoms with van der Waals surface area (Å²) in [7, 11) is 1.45. The molecule has 0 spiro atoms. The summed E-state index contributed by atoms with van der Waals surface area (Å²) in [5.41, 5.74) is 0. The number of rotatable bonds is 3. The van der Waals surface area contributed by atoms with E-state index < -0.39 is 0 Å². The highest BCUT2D eigenvalue weighted by molar-refractivity contribution is 5.79. The van der Waals surface area contributed by atoms with Gasteiger partial charge in [0.2, 0.25) is 5.91 Å². The second kappa shape index (κ2) is 8.40. The first-order valence-corrected chi connectivity index (χ1v) is 8.59. The number of hydrogen-bond donors (Lipinski definition) is 1. The van der Waals surface area contributed by atoms with E-state index in [1.807, 2.05) is 0 Å². The van der Waals surface area contributed by atoms with Crippen LogP contribution in [0.15, 0.2) is 0 Å². The van der Waals surface area contributed by atoms with Crippen molar-refractivity contribution < 1.29 is 14.3 Å². The average Bonchev–Trinajstić information content (AvgIpc) is 2.46. The summed E-state index contributed by atoms with van der Waals surface area (Å²) >= 11 is 0. The number of methoxy groups -OCH3 is 1. The molecule has 2 rings (SSSR count). The highest BCUT2D eigenvalue weighted by Crippen LogP contribution is 2.27. The van der Waals surface area contributed by atoms with Crippen LogP contribution in [0.3, 0.4) is 0 Å². The fourth-order valence-electron chi connectivity index (χ4n) is 3.68. The molecule has 0 bridgehead atoms. The van der Waals surface area contributed by atoms with E-state index in [4.69, 9.17) is 4.74 Å². The number of carbonyl (C=O) groups excluding carboxylic acids is 2. The van der Waals surface area contributed by atoms with Crippen LogP contribution in [0.2, 0.25) is 0 Å². The summed E-state index contributed by atoms with van der Waals surface area (Å²) in [4.78, 5) is 23.9.